The molecular weight excluding hydrogens is 511 g/mol. The molecule has 3 heterocycles. The lowest BCUT2D eigenvalue weighted by Crippen LogP contribution is -2.62. The van der Waals surface area contributed by atoms with E-state index in [2.05, 4.69) is 5.32 Å². The monoisotopic (exact) mass is 526 g/mol. The van der Waals surface area contributed by atoms with Crippen LogP contribution in [0.3, 0.4) is 0 Å². The lowest BCUT2D eigenvalue weighted by Gasteiger charge is -2.51. The summed E-state index contributed by atoms with van der Waals surface area (Å²) in [7, 11) is 0. The molecule has 168 valence electrons. The van der Waals surface area contributed by atoms with E-state index in [0.29, 0.717) is 0 Å². The smallest absolute Gasteiger partial charge is 0.355 e. The first-order chi connectivity index (χ1) is 14.5. The van der Waals surface area contributed by atoms with Crippen LogP contribution in [0, 0.1) is 0 Å². The Balaban J connectivity index is 2.01. The van der Waals surface area contributed by atoms with Gasteiger partial charge in [0, 0.05) is 24.3 Å². The van der Waals surface area contributed by atoms with E-state index in [1.54, 1.807) is 0 Å². The molecule has 0 radical (unpaired) electrons. The summed E-state index contributed by atoms with van der Waals surface area (Å²) in [5, 5.41) is 3.38. The number of nitrogens with zero attached hydrogens (tertiary/aromatic N) is 1. The third kappa shape index (κ3) is 5.48. The van der Waals surface area contributed by atoms with Gasteiger partial charge in [0.1, 0.15) is 35.6 Å². The average Bonchev–Trinajstić information content (AvgIpc) is 3.16. The van der Waals surface area contributed by atoms with E-state index in [4.69, 9.17) is 44.3 Å². The standard InChI is InChI=1S/C18H17Cl3N2O6S2/c1-8(24)22-14-10(6-28-9(2)25)13(17(27)29-7-18(19,20)21)23-15(26)12(16(23)31-14)11-4-3-5-30-11/h3-5,12,14,16H,6-7H2,1-2H3,(H,22,24)/t12?,14?,16-/m1/s1. The molecule has 0 bridgehead atoms. The Labute approximate surface area is 201 Å². The number of rotatable bonds is 6. The molecule has 3 atom stereocenters. The normalized spacial score (nSPS) is 23.1. The molecule has 3 rings (SSSR count). The van der Waals surface area contributed by atoms with E-state index in [1.807, 2.05) is 17.5 Å². The lowest BCUT2D eigenvalue weighted by atomic mass is 9.93. The Morgan fingerprint density at radius 3 is 2.48 bits per heavy atom. The third-order valence-corrected chi connectivity index (χ3v) is 7.07. The molecule has 13 heteroatoms. The highest BCUT2D eigenvalue weighted by molar-refractivity contribution is 8.00. The number of fused-ring (bicyclic) bond motifs is 1. The Kier molecular flexibility index (Phi) is 7.47. The minimum Gasteiger partial charge on any atom is -0.461 e. The van der Waals surface area contributed by atoms with Crippen LogP contribution < -0.4 is 5.32 Å². The van der Waals surface area contributed by atoms with Gasteiger partial charge in [-0.25, -0.2) is 4.79 Å². The van der Waals surface area contributed by atoms with Crippen LogP contribution in [0.2, 0.25) is 0 Å². The summed E-state index contributed by atoms with van der Waals surface area (Å²) in [6, 6.07) is 3.66. The number of β-lactam (4-membered cyclic amide) rings is 1. The molecule has 0 spiro atoms. The number of thiophene rings is 1. The first kappa shape index (κ1) is 24.2. The number of thioether (sulfide) groups is 1. The predicted octanol–water partition coefficient (Wildman–Crippen LogP) is 2.94. The molecular formula is C18H17Cl3N2O6S2. The van der Waals surface area contributed by atoms with Gasteiger partial charge in [-0.1, -0.05) is 40.9 Å². The van der Waals surface area contributed by atoms with Crippen LogP contribution >= 0.6 is 57.9 Å². The van der Waals surface area contributed by atoms with Gasteiger partial charge in [0.05, 0.1) is 0 Å². The molecule has 0 saturated carbocycles. The number of carbonyl (C=O) groups is 4. The first-order valence-corrected chi connectivity index (χ1v) is 11.8. The molecule has 8 nitrogen and oxygen atoms in total. The zero-order chi connectivity index (χ0) is 22.9. The topological polar surface area (TPSA) is 102 Å². The number of amides is 2. The minimum atomic E-state index is -1.86. The van der Waals surface area contributed by atoms with Crippen molar-refractivity contribution in [3.8, 4) is 0 Å². The molecule has 0 aliphatic carbocycles. The van der Waals surface area contributed by atoms with Crippen molar-refractivity contribution in [2.45, 2.75) is 34.3 Å². The second kappa shape index (κ2) is 9.58. The molecule has 1 N–H and O–H groups in total. The summed E-state index contributed by atoms with van der Waals surface area (Å²) in [5.41, 5.74) is 0.0785. The number of hydrogen-bond donors (Lipinski definition) is 1. The van der Waals surface area contributed by atoms with Crippen molar-refractivity contribution < 1.29 is 28.7 Å². The van der Waals surface area contributed by atoms with Gasteiger partial charge >= 0.3 is 11.9 Å². The van der Waals surface area contributed by atoms with Gasteiger partial charge in [0.2, 0.25) is 15.6 Å². The maximum absolute atomic E-state index is 13.0. The number of halogens is 3. The van der Waals surface area contributed by atoms with E-state index in [0.717, 1.165) is 4.88 Å². The molecule has 1 fully saturated rings. The Hall–Kier alpha value is -1.46. The number of esters is 2. The van der Waals surface area contributed by atoms with Gasteiger partial charge < -0.3 is 14.8 Å². The van der Waals surface area contributed by atoms with Crippen molar-refractivity contribution in [1.29, 1.82) is 0 Å². The number of alkyl halides is 3. The number of carbonyl (C=O) groups excluding carboxylic acids is 4. The number of hydrogen-bond acceptors (Lipinski definition) is 8. The minimum absolute atomic E-state index is 0.129. The molecule has 1 saturated heterocycles. The van der Waals surface area contributed by atoms with Crippen molar-refractivity contribution in [3.63, 3.8) is 0 Å². The lowest BCUT2D eigenvalue weighted by molar-refractivity contribution is -0.151. The fourth-order valence-corrected chi connectivity index (χ4v) is 5.85. The molecule has 2 aliphatic heterocycles. The van der Waals surface area contributed by atoms with Crippen LogP contribution in [0.5, 0.6) is 0 Å². The fourth-order valence-electron chi connectivity index (χ4n) is 3.15. The van der Waals surface area contributed by atoms with Gasteiger partial charge in [-0.15, -0.1) is 23.1 Å². The van der Waals surface area contributed by atoms with Crippen LogP contribution in [0.15, 0.2) is 28.8 Å². The molecule has 31 heavy (non-hydrogen) atoms. The average molecular weight is 528 g/mol. The summed E-state index contributed by atoms with van der Waals surface area (Å²) in [4.78, 5) is 51.3. The zero-order valence-electron chi connectivity index (χ0n) is 16.2. The molecule has 2 amide bonds. The van der Waals surface area contributed by atoms with Crippen molar-refractivity contribution in [2.75, 3.05) is 13.2 Å². The molecule has 2 unspecified atom stereocenters. The molecule has 1 aromatic rings. The van der Waals surface area contributed by atoms with Gasteiger partial charge in [-0.05, 0) is 11.4 Å². The van der Waals surface area contributed by atoms with Gasteiger partial charge in [-0.3, -0.25) is 19.3 Å². The van der Waals surface area contributed by atoms with E-state index >= 15 is 0 Å². The maximum Gasteiger partial charge on any atom is 0.355 e. The van der Waals surface area contributed by atoms with Crippen LogP contribution in [0.4, 0.5) is 0 Å². The van der Waals surface area contributed by atoms with Crippen LogP contribution in [0.1, 0.15) is 24.6 Å². The quantitative estimate of drug-likeness (QED) is 0.345. The summed E-state index contributed by atoms with van der Waals surface area (Å²) < 4.78 is 8.34. The zero-order valence-corrected chi connectivity index (χ0v) is 20.1. The Bertz CT molecular complexity index is 931. The Morgan fingerprint density at radius 1 is 1.23 bits per heavy atom. The highest BCUT2D eigenvalue weighted by Crippen LogP contribution is 2.51. The van der Waals surface area contributed by atoms with Crippen LogP contribution in [0.25, 0.3) is 0 Å². The van der Waals surface area contributed by atoms with Crippen LogP contribution in [-0.4, -0.2) is 56.4 Å². The van der Waals surface area contributed by atoms with Crippen molar-refractivity contribution in [3.05, 3.63) is 33.7 Å². The van der Waals surface area contributed by atoms with E-state index in [-0.39, 0.29) is 29.7 Å². The SMILES string of the molecule is CC(=O)NC1S[C@@H]2C(c3cccs3)C(=O)N2C(C(=O)OCC(Cl)(Cl)Cl)=C1COC(C)=O. The molecule has 1 aromatic heterocycles. The molecule has 0 aromatic carbocycles. The van der Waals surface area contributed by atoms with E-state index in [9.17, 15) is 19.2 Å². The second-order valence-electron chi connectivity index (χ2n) is 6.65. The van der Waals surface area contributed by atoms with Gasteiger partial charge in [-0.2, -0.15) is 0 Å². The fraction of sp³-hybridized carbons (Fsp3) is 0.444. The highest BCUT2D eigenvalue weighted by Gasteiger charge is 2.57. The summed E-state index contributed by atoms with van der Waals surface area (Å²) >= 11 is 19.7. The van der Waals surface area contributed by atoms with Crippen molar-refractivity contribution >= 4 is 81.7 Å². The van der Waals surface area contributed by atoms with Crippen LogP contribution in [-0.2, 0) is 28.7 Å². The van der Waals surface area contributed by atoms with E-state index in [1.165, 1.54) is 41.8 Å². The summed E-state index contributed by atoms with van der Waals surface area (Å²) in [6.07, 6.45) is 0. The van der Waals surface area contributed by atoms with Gasteiger partial charge in [0.25, 0.3) is 0 Å². The number of nitrogens with one attached hydrogen (secondary N) is 1. The second-order valence-corrected chi connectivity index (χ2v) is 11.4. The number of ether oxygens (including phenoxy) is 2. The Morgan fingerprint density at radius 2 is 1.94 bits per heavy atom. The third-order valence-electron chi connectivity index (χ3n) is 4.36. The largest absolute Gasteiger partial charge is 0.461 e. The van der Waals surface area contributed by atoms with E-state index < -0.39 is 39.0 Å². The van der Waals surface area contributed by atoms with Gasteiger partial charge in [0.15, 0.2) is 0 Å². The highest BCUT2D eigenvalue weighted by atomic mass is 35.6. The molecule has 2 aliphatic rings. The summed E-state index contributed by atoms with van der Waals surface area (Å²) in [6.45, 7) is 1.64. The van der Waals surface area contributed by atoms with Crippen molar-refractivity contribution in [2.24, 2.45) is 0 Å². The summed E-state index contributed by atoms with van der Waals surface area (Å²) in [5.74, 6) is -2.69. The van der Waals surface area contributed by atoms with Crippen molar-refractivity contribution in [1.82, 2.24) is 10.2 Å². The first-order valence-electron chi connectivity index (χ1n) is 8.89. The predicted molar refractivity (Wildman–Crippen MR) is 118 cm³/mol. The maximum atomic E-state index is 13.0.